The van der Waals surface area contributed by atoms with Crippen LogP contribution in [0.2, 0.25) is 0 Å². The van der Waals surface area contributed by atoms with Gasteiger partial charge >= 0.3 is 12.1 Å². The van der Waals surface area contributed by atoms with Gasteiger partial charge < -0.3 is 25.4 Å². The number of carbonyl (C=O) groups excluding carboxylic acids is 4. The summed E-state index contributed by atoms with van der Waals surface area (Å²) in [5.74, 6) is -1.80. The molecule has 10 heteroatoms. The Balaban J connectivity index is 1.69. The van der Waals surface area contributed by atoms with Crippen molar-refractivity contribution in [2.45, 2.75) is 90.0 Å². The summed E-state index contributed by atoms with van der Waals surface area (Å²) in [6.07, 6.45) is -0.485. The second kappa shape index (κ2) is 20.0. The highest BCUT2D eigenvalue weighted by molar-refractivity contribution is 8.00. The number of thioether (sulfide) groups is 1. The minimum Gasteiger partial charge on any atom is -0.458 e. The summed E-state index contributed by atoms with van der Waals surface area (Å²) >= 11 is 1.50. The van der Waals surface area contributed by atoms with Gasteiger partial charge in [0.25, 0.3) is 0 Å². The molecule has 3 atom stereocenters. The monoisotopic (exact) mass is 765 g/mol. The maximum absolute atomic E-state index is 14.5. The van der Waals surface area contributed by atoms with Gasteiger partial charge in [-0.3, -0.25) is 9.59 Å². The Bertz CT molecular complexity index is 1720. The van der Waals surface area contributed by atoms with Crippen molar-refractivity contribution in [2.75, 3.05) is 5.75 Å². The van der Waals surface area contributed by atoms with Gasteiger partial charge in [0.1, 0.15) is 30.3 Å². The van der Waals surface area contributed by atoms with Crippen LogP contribution in [0, 0.1) is 11.8 Å². The molecule has 9 nitrogen and oxygen atoms in total. The van der Waals surface area contributed by atoms with Crippen molar-refractivity contribution in [3.05, 3.63) is 144 Å². The molecular weight excluding hydrogens is 711 g/mol. The van der Waals surface area contributed by atoms with E-state index in [9.17, 15) is 19.2 Å². The Labute approximate surface area is 330 Å². The third-order valence-electron chi connectivity index (χ3n) is 8.79. The maximum atomic E-state index is 14.5. The normalized spacial score (nSPS) is 13.3. The van der Waals surface area contributed by atoms with E-state index in [1.165, 1.54) is 11.8 Å². The van der Waals surface area contributed by atoms with E-state index in [0.717, 1.165) is 22.3 Å². The van der Waals surface area contributed by atoms with Gasteiger partial charge in [-0.15, -0.1) is 11.8 Å². The number of carbonyl (C=O) groups is 4. The predicted molar refractivity (Wildman–Crippen MR) is 219 cm³/mol. The number of ether oxygens (including phenoxy) is 2. The average molecular weight is 766 g/mol. The number of hydrogen-bond donors (Lipinski definition) is 3. The summed E-state index contributed by atoms with van der Waals surface area (Å²) in [5, 5.41) is 8.59. The molecule has 3 N–H and O–H groups in total. The van der Waals surface area contributed by atoms with E-state index < -0.39 is 52.4 Å². The topological polar surface area (TPSA) is 123 Å². The molecule has 55 heavy (non-hydrogen) atoms. The molecule has 4 aromatic rings. The minimum atomic E-state index is -1.13. The standard InChI is InChI=1S/C45H55N3O6S/c1-31(2)28-37(40(49)48-39(32(3)4)42(51)54-44(5,6)7)46-41(50)38(47-43(52)53-29-33-20-12-8-13-21-33)30-55-45(34-22-14-9-15-23-34,35-24-16-10-17-25-35)36-26-18-11-19-27-36/h8-27,31-32,37-39H,28-30H2,1-7H3,(H,46,50)(H,47,52)(H,48,49)/t37-,38-,39-/m1/s1. The average Bonchev–Trinajstić information content (AvgIpc) is 3.16. The fourth-order valence-electron chi connectivity index (χ4n) is 6.16. The summed E-state index contributed by atoms with van der Waals surface area (Å²) in [6, 6.07) is 36.3. The number of benzene rings is 4. The predicted octanol–water partition coefficient (Wildman–Crippen LogP) is 8.02. The van der Waals surface area contributed by atoms with E-state index in [0.29, 0.717) is 0 Å². The molecule has 0 unspecified atom stereocenters. The van der Waals surface area contributed by atoms with Gasteiger partial charge in [0.15, 0.2) is 0 Å². The fourth-order valence-corrected chi connectivity index (χ4v) is 7.72. The molecule has 0 aliphatic carbocycles. The molecule has 4 rings (SSSR count). The molecule has 0 bridgehead atoms. The van der Waals surface area contributed by atoms with Crippen molar-refractivity contribution in [3.8, 4) is 0 Å². The van der Waals surface area contributed by atoms with Crippen LogP contribution in [0.1, 0.15) is 77.1 Å². The molecule has 0 aromatic heterocycles. The Morgan fingerprint density at radius 2 is 1.07 bits per heavy atom. The van der Waals surface area contributed by atoms with Crippen molar-refractivity contribution in [1.82, 2.24) is 16.0 Å². The van der Waals surface area contributed by atoms with Crippen LogP contribution in [0.3, 0.4) is 0 Å². The molecule has 3 amide bonds. The zero-order valence-corrected chi connectivity index (χ0v) is 33.7. The first-order chi connectivity index (χ1) is 26.2. The molecule has 4 aromatic carbocycles. The van der Waals surface area contributed by atoms with Crippen molar-refractivity contribution < 1.29 is 28.7 Å². The van der Waals surface area contributed by atoms with Gasteiger partial charge in [0.05, 0.1) is 4.75 Å². The third kappa shape index (κ3) is 12.5. The molecule has 0 aliphatic rings. The van der Waals surface area contributed by atoms with Gasteiger partial charge in [0, 0.05) is 5.75 Å². The largest absolute Gasteiger partial charge is 0.458 e. The first kappa shape index (κ1) is 42.6. The Morgan fingerprint density at radius 1 is 0.618 bits per heavy atom. The third-order valence-corrected chi connectivity index (χ3v) is 10.4. The van der Waals surface area contributed by atoms with E-state index in [4.69, 9.17) is 9.47 Å². The summed E-state index contributed by atoms with van der Waals surface area (Å²) in [4.78, 5) is 54.9. The lowest BCUT2D eigenvalue weighted by molar-refractivity contribution is -0.160. The molecular formula is C45H55N3O6S. The highest BCUT2D eigenvalue weighted by Gasteiger charge is 2.40. The number of alkyl carbamates (subject to hydrolysis) is 1. The molecule has 0 aliphatic heterocycles. The first-order valence-corrected chi connectivity index (χ1v) is 19.8. The summed E-state index contributed by atoms with van der Waals surface area (Å²) in [5.41, 5.74) is 3.01. The molecule has 0 saturated carbocycles. The van der Waals surface area contributed by atoms with E-state index in [-0.39, 0.29) is 30.6 Å². The van der Waals surface area contributed by atoms with E-state index in [2.05, 4.69) is 52.3 Å². The SMILES string of the molecule is CC(C)C[C@@H](NC(=O)[C@@H](CSC(c1ccccc1)(c1ccccc1)c1ccccc1)NC(=O)OCc1ccccc1)C(=O)N[C@@H](C(=O)OC(C)(C)C)C(C)C. The lowest BCUT2D eigenvalue weighted by Crippen LogP contribution is -2.58. The van der Waals surface area contributed by atoms with Crippen molar-refractivity contribution in [1.29, 1.82) is 0 Å². The maximum Gasteiger partial charge on any atom is 0.408 e. The molecule has 0 heterocycles. The van der Waals surface area contributed by atoms with Gasteiger partial charge in [-0.25, -0.2) is 9.59 Å². The minimum absolute atomic E-state index is 0.00795. The van der Waals surface area contributed by atoms with E-state index in [1.54, 1.807) is 20.8 Å². The zero-order valence-electron chi connectivity index (χ0n) is 32.9. The second-order valence-electron chi connectivity index (χ2n) is 15.3. The molecule has 0 radical (unpaired) electrons. The number of amides is 3. The highest BCUT2D eigenvalue weighted by atomic mass is 32.2. The van der Waals surface area contributed by atoms with Crippen LogP contribution < -0.4 is 16.0 Å². The lowest BCUT2D eigenvalue weighted by atomic mass is 9.84. The fraction of sp³-hybridized carbons (Fsp3) is 0.378. The van der Waals surface area contributed by atoms with Gasteiger partial charge in [-0.05, 0) is 61.3 Å². The van der Waals surface area contributed by atoms with Crippen LogP contribution >= 0.6 is 11.8 Å². The van der Waals surface area contributed by atoms with Gasteiger partial charge in [-0.2, -0.15) is 0 Å². The molecule has 0 spiro atoms. The second-order valence-corrected chi connectivity index (χ2v) is 16.5. The summed E-state index contributed by atoms with van der Waals surface area (Å²) in [6.45, 7) is 12.8. The number of esters is 1. The van der Waals surface area contributed by atoms with Crippen LogP contribution in [0.25, 0.3) is 0 Å². The zero-order chi connectivity index (χ0) is 40.0. The van der Waals surface area contributed by atoms with Gasteiger partial charge in [-0.1, -0.05) is 149 Å². The van der Waals surface area contributed by atoms with Crippen LogP contribution in [-0.2, 0) is 35.2 Å². The molecule has 292 valence electrons. The van der Waals surface area contributed by atoms with Crippen LogP contribution in [0.15, 0.2) is 121 Å². The number of hydrogen-bond acceptors (Lipinski definition) is 7. The van der Waals surface area contributed by atoms with Crippen LogP contribution in [0.4, 0.5) is 4.79 Å². The van der Waals surface area contributed by atoms with Crippen molar-refractivity contribution in [3.63, 3.8) is 0 Å². The van der Waals surface area contributed by atoms with Crippen molar-refractivity contribution in [2.24, 2.45) is 11.8 Å². The van der Waals surface area contributed by atoms with Gasteiger partial charge in [0.2, 0.25) is 11.8 Å². The Hall–Kier alpha value is -5.09. The van der Waals surface area contributed by atoms with E-state index in [1.807, 2.05) is 113 Å². The summed E-state index contributed by atoms with van der Waals surface area (Å²) in [7, 11) is 0. The first-order valence-electron chi connectivity index (χ1n) is 18.8. The van der Waals surface area contributed by atoms with Crippen LogP contribution in [0.5, 0.6) is 0 Å². The number of nitrogens with one attached hydrogen (secondary N) is 3. The molecule has 0 fully saturated rings. The number of rotatable bonds is 17. The van der Waals surface area contributed by atoms with Crippen LogP contribution in [-0.4, -0.2) is 53.4 Å². The quantitative estimate of drug-likeness (QED) is 0.0735. The van der Waals surface area contributed by atoms with E-state index >= 15 is 0 Å². The summed E-state index contributed by atoms with van der Waals surface area (Å²) < 4.78 is 10.4. The Kier molecular flexibility index (Phi) is 15.5. The lowest BCUT2D eigenvalue weighted by Gasteiger charge is -2.36. The molecule has 0 saturated heterocycles. The smallest absolute Gasteiger partial charge is 0.408 e. The van der Waals surface area contributed by atoms with Crippen molar-refractivity contribution >= 4 is 35.6 Å². The Morgan fingerprint density at radius 3 is 1.51 bits per heavy atom. The highest BCUT2D eigenvalue weighted by Crippen LogP contribution is 2.48.